The Balaban J connectivity index is 1.57. The maximum atomic E-state index is 13.1. The van der Waals surface area contributed by atoms with E-state index in [1.54, 1.807) is 13.8 Å². The Morgan fingerprint density at radius 2 is 1.90 bits per heavy atom. The van der Waals surface area contributed by atoms with Crippen molar-refractivity contribution in [1.29, 1.82) is 0 Å². The lowest BCUT2D eigenvalue weighted by molar-refractivity contribution is -0.155. The van der Waals surface area contributed by atoms with Crippen LogP contribution in [0.1, 0.15) is 76.3 Å². The summed E-state index contributed by atoms with van der Waals surface area (Å²) in [6.45, 7) is 5.63. The lowest BCUT2D eigenvalue weighted by Crippen LogP contribution is -2.43. The number of benzene rings is 1. The van der Waals surface area contributed by atoms with E-state index in [4.69, 9.17) is 9.47 Å². The third kappa shape index (κ3) is 3.38. The Morgan fingerprint density at radius 1 is 1.14 bits per heavy atom. The van der Waals surface area contributed by atoms with Crippen molar-refractivity contribution in [3.63, 3.8) is 0 Å². The minimum absolute atomic E-state index is 0.121. The third-order valence-corrected chi connectivity index (χ3v) is 7.49. The molecule has 0 amide bonds. The largest absolute Gasteiger partial charge is 0.454 e. The van der Waals surface area contributed by atoms with Gasteiger partial charge in [0.15, 0.2) is 11.9 Å². The number of carbonyl (C=O) groups excluding carboxylic acids is 3. The highest BCUT2D eigenvalue weighted by Gasteiger charge is 2.59. The summed E-state index contributed by atoms with van der Waals surface area (Å²) in [6, 6.07) is 6.02. The number of carbonyl (C=O) groups is 3. The van der Waals surface area contributed by atoms with E-state index in [0.29, 0.717) is 36.8 Å². The number of rotatable bonds is 4. The molecule has 1 aromatic rings. The molecule has 2 saturated carbocycles. The van der Waals surface area contributed by atoms with Gasteiger partial charge in [0.2, 0.25) is 0 Å². The van der Waals surface area contributed by atoms with Crippen molar-refractivity contribution in [2.24, 2.45) is 17.3 Å². The smallest absolute Gasteiger partial charge is 0.310 e. The van der Waals surface area contributed by atoms with Gasteiger partial charge in [-0.3, -0.25) is 14.4 Å². The molecule has 0 unspecified atom stereocenters. The van der Waals surface area contributed by atoms with Gasteiger partial charge in [-0.25, -0.2) is 0 Å². The van der Waals surface area contributed by atoms with E-state index in [9.17, 15) is 14.4 Å². The van der Waals surface area contributed by atoms with Crippen molar-refractivity contribution in [2.45, 2.75) is 77.7 Å². The zero-order chi connectivity index (χ0) is 20.8. The second kappa shape index (κ2) is 7.58. The average molecular weight is 398 g/mol. The van der Waals surface area contributed by atoms with Crippen molar-refractivity contribution in [3.8, 4) is 5.75 Å². The summed E-state index contributed by atoms with van der Waals surface area (Å²) in [6.07, 6.45) is 4.49. The quantitative estimate of drug-likeness (QED) is 0.557. The van der Waals surface area contributed by atoms with E-state index in [-0.39, 0.29) is 29.1 Å². The second-order valence-electron chi connectivity index (χ2n) is 8.99. The summed E-state index contributed by atoms with van der Waals surface area (Å²) in [5.74, 6) is 1.34. The highest BCUT2D eigenvalue weighted by molar-refractivity contribution is 5.93. The molecule has 0 N–H and O–H groups in total. The van der Waals surface area contributed by atoms with Crippen molar-refractivity contribution in [2.75, 3.05) is 0 Å². The summed E-state index contributed by atoms with van der Waals surface area (Å²) >= 11 is 0. The van der Waals surface area contributed by atoms with Gasteiger partial charge in [-0.05, 0) is 73.1 Å². The first-order valence-electron chi connectivity index (χ1n) is 10.9. The van der Waals surface area contributed by atoms with E-state index < -0.39 is 6.10 Å². The fourth-order valence-electron chi connectivity index (χ4n) is 5.94. The topological polar surface area (TPSA) is 69.7 Å². The van der Waals surface area contributed by atoms with Crippen molar-refractivity contribution in [1.82, 2.24) is 0 Å². The maximum Gasteiger partial charge on any atom is 0.310 e. The molecule has 0 aromatic heterocycles. The van der Waals surface area contributed by atoms with Gasteiger partial charge in [0.1, 0.15) is 5.75 Å². The number of ether oxygens (including phenoxy) is 2. The molecule has 1 aromatic carbocycles. The Hall–Kier alpha value is -2.17. The highest BCUT2D eigenvalue weighted by atomic mass is 16.5. The molecule has 4 rings (SSSR count). The van der Waals surface area contributed by atoms with Crippen LogP contribution in [0.4, 0.5) is 0 Å². The molecule has 0 saturated heterocycles. The first kappa shape index (κ1) is 20.1. The fourth-order valence-corrected chi connectivity index (χ4v) is 5.94. The molecule has 2 fully saturated rings. The Labute approximate surface area is 172 Å². The van der Waals surface area contributed by atoms with Crippen molar-refractivity contribution in [3.05, 3.63) is 29.3 Å². The number of Topliss-reactive ketones (excluding diaryl/α,β-unsaturated/α-hetero) is 1. The molecule has 0 aliphatic heterocycles. The van der Waals surface area contributed by atoms with Crippen LogP contribution < -0.4 is 4.74 Å². The number of hydrogen-bond donors (Lipinski definition) is 0. The fraction of sp³-hybridized carbons (Fsp3) is 0.625. The lowest BCUT2D eigenvalue weighted by Gasteiger charge is -2.48. The molecule has 0 bridgehead atoms. The van der Waals surface area contributed by atoms with Crippen LogP contribution in [0.3, 0.4) is 0 Å². The van der Waals surface area contributed by atoms with E-state index in [1.807, 2.05) is 12.1 Å². The summed E-state index contributed by atoms with van der Waals surface area (Å²) in [5, 5.41) is 0. The van der Waals surface area contributed by atoms with Gasteiger partial charge in [0.25, 0.3) is 0 Å². The van der Waals surface area contributed by atoms with Crippen LogP contribution >= 0.6 is 0 Å². The summed E-state index contributed by atoms with van der Waals surface area (Å²) in [5.41, 5.74) is 2.21. The van der Waals surface area contributed by atoms with Crippen LogP contribution in [0.15, 0.2) is 18.2 Å². The van der Waals surface area contributed by atoms with Crippen LogP contribution in [0.2, 0.25) is 0 Å². The third-order valence-electron chi connectivity index (χ3n) is 7.49. The van der Waals surface area contributed by atoms with Crippen molar-refractivity contribution >= 4 is 17.7 Å². The van der Waals surface area contributed by atoms with Gasteiger partial charge < -0.3 is 9.47 Å². The van der Waals surface area contributed by atoms with Gasteiger partial charge >= 0.3 is 11.9 Å². The van der Waals surface area contributed by atoms with Crippen LogP contribution in [0, 0.1) is 17.3 Å². The van der Waals surface area contributed by atoms with E-state index in [0.717, 1.165) is 25.7 Å². The highest BCUT2D eigenvalue weighted by Crippen LogP contribution is 2.60. The van der Waals surface area contributed by atoms with Gasteiger partial charge in [0, 0.05) is 18.3 Å². The SMILES string of the molecule is CCC(=O)Oc1ccc2c(c1)CC[C@@H]1[C@@H]2CC[C@]2(C)C(=O)[C@H](OC(=O)CC)C[C@@H]12. The molecule has 0 heterocycles. The number of fused-ring (bicyclic) bond motifs is 5. The number of esters is 2. The zero-order valence-electron chi connectivity index (χ0n) is 17.5. The summed E-state index contributed by atoms with van der Waals surface area (Å²) in [7, 11) is 0. The monoisotopic (exact) mass is 398 g/mol. The summed E-state index contributed by atoms with van der Waals surface area (Å²) in [4.78, 5) is 36.5. The molecule has 156 valence electrons. The Bertz CT molecular complexity index is 844. The first-order chi connectivity index (χ1) is 13.9. The molecule has 0 radical (unpaired) electrons. The normalized spacial score (nSPS) is 32.7. The van der Waals surface area contributed by atoms with E-state index in [1.165, 1.54) is 11.1 Å². The number of hydrogen-bond acceptors (Lipinski definition) is 5. The second-order valence-corrected chi connectivity index (χ2v) is 8.99. The predicted molar refractivity (Wildman–Crippen MR) is 108 cm³/mol. The molecule has 3 aliphatic carbocycles. The minimum atomic E-state index is -0.576. The van der Waals surface area contributed by atoms with E-state index in [2.05, 4.69) is 13.0 Å². The predicted octanol–water partition coefficient (Wildman–Crippen LogP) is 4.36. The van der Waals surface area contributed by atoms with E-state index >= 15 is 0 Å². The van der Waals surface area contributed by atoms with Crippen molar-refractivity contribution < 1.29 is 23.9 Å². The van der Waals surface area contributed by atoms with Crippen LogP contribution in [0.5, 0.6) is 5.75 Å². The minimum Gasteiger partial charge on any atom is -0.454 e. The number of ketones is 1. The molecule has 5 atom stereocenters. The van der Waals surface area contributed by atoms with Gasteiger partial charge in [-0.15, -0.1) is 0 Å². The molecule has 5 heteroatoms. The molecule has 0 spiro atoms. The van der Waals surface area contributed by atoms with Crippen LogP contribution in [-0.4, -0.2) is 23.8 Å². The van der Waals surface area contributed by atoms with Crippen LogP contribution in [0.25, 0.3) is 0 Å². The lowest BCUT2D eigenvalue weighted by atomic mass is 9.55. The summed E-state index contributed by atoms with van der Waals surface area (Å²) < 4.78 is 10.9. The van der Waals surface area contributed by atoms with Gasteiger partial charge in [0.05, 0.1) is 0 Å². The molecular formula is C24H30O5. The molecular weight excluding hydrogens is 368 g/mol. The molecule has 5 nitrogen and oxygen atoms in total. The average Bonchev–Trinajstić information content (AvgIpc) is 2.98. The maximum absolute atomic E-state index is 13.1. The van der Waals surface area contributed by atoms with Gasteiger partial charge in [-0.2, -0.15) is 0 Å². The zero-order valence-corrected chi connectivity index (χ0v) is 17.5. The molecule has 3 aliphatic rings. The number of aryl methyl sites for hydroxylation is 1. The molecule has 29 heavy (non-hydrogen) atoms. The first-order valence-corrected chi connectivity index (χ1v) is 10.9. The Morgan fingerprint density at radius 3 is 2.62 bits per heavy atom. The van der Waals surface area contributed by atoms with Crippen LogP contribution in [-0.2, 0) is 25.5 Å². The van der Waals surface area contributed by atoms with Gasteiger partial charge in [-0.1, -0.05) is 26.8 Å². The Kier molecular flexibility index (Phi) is 5.26. The standard InChI is InChI=1S/C24H30O5/c1-4-21(25)28-15-7-9-16-14(12-15)6-8-18-17(16)10-11-24(3)19(18)13-20(23(24)27)29-22(26)5-2/h7,9,12,17-20H,4-6,8,10-11,13H2,1-3H3/t17-,18-,19+,20-,24+/m1/s1.